The van der Waals surface area contributed by atoms with Crippen LogP contribution in [0.3, 0.4) is 0 Å². The van der Waals surface area contributed by atoms with Crippen molar-refractivity contribution in [1.29, 1.82) is 0 Å². The maximum Gasteiger partial charge on any atom is 0.251 e. The SMILES string of the molecule is Cc1ccc(OCCNC(=O)c2cccc(N(C)S(C)(=O)=O)c2C)cc1Cl. The summed E-state index contributed by atoms with van der Waals surface area (Å²) in [7, 11) is -1.95. The fourth-order valence-electron chi connectivity index (χ4n) is 2.48. The molecule has 8 heteroatoms. The lowest BCUT2D eigenvalue weighted by molar-refractivity contribution is 0.0946. The van der Waals surface area contributed by atoms with Crippen molar-refractivity contribution in [2.75, 3.05) is 30.8 Å². The zero-order chi connectivity index (χ0) is 20.2. The summed E-state index contributed by atoms with van der Waals surface area (Å²) >= 11 is 6.05. The lowest BCUT2D eigenvalue weighted by atomic mass is 10.1. The van der Waals surface area contributed by atoms with E-state index in [2.05, 4.69) is 5.32 Å². The van der Waals surface area contributed by atoms with Gasteiger partial charge in [-0.05, 0) is 49.2 Å². The number of nitrogens with zero attached hydrogens (tertiary/aromatic N) is 1. The van der Waals surface area contributed by atoms with Crippen molar-refractivity contribution >= 4 is 33.2 Å². The number of hydrogen-bond acceptors (Lipinski definition) is 4. The van der Waals surface area contributed by atoms with E-state index >= 15 is 0 Å². The molecule has 0 saturated carbocycles. The van der Waals surface area contributed by atoms with E-state index in [0.29, 0.717) is 34.1 Å². The molecule has 0 aliphatic heterocycles. The molecule has 146 valence electrons. The van der Waals surface area contributed by atoms with Crippen molar-refractivity contribution in [3.8, 4) is 5.75 Å². The fraction of sp³-hybridized carbons (Fsp3) is 0.316. The van der Waals surface area contributed by atoms with Crippen molar-refractivity contribution in [3.05, 3.63) is 58.1 Å². The number of halogens is 1. The second kappa shape index (κ2) is 8.63. The summed E-state index contributed by atoms with van der Waals surface area (Å²) < 4.78 is 30.2. The van der Waals surface area contributed by atoms with Crippen molar-refractivity contribution in [3.63, 3.8) is 0 Å². The maximum absolute atomic E-state index is 12.4. The van der Waals surface area contributed by atoms with Crippen LogP contribution in [0, 0.1) is 13.8 Å². The number of ether oxygens (including phenoxy) is 1. The van der Waals surface area contributed by atoms with E-state index in [-0.39, 0.29) is 12.5 Å². The third-order valence-electron chi connectivity index (χ3n) is 4.19. The molecule has 0 aromatic heterocycles. The molecule has 2 aromatic rings. The first-order chi connectivity index (χ1) is 12.6. The van der Waals surface area contributed by atoms with Crippen LogP contribution in [0.5, 0.6) is 5.75 Å². The maximum atomic E-state index is 12.4. The molecule has 0 unspecified atom stereocenters. The zero-order valence-corrected chi connectivity index (χ0v) is 17.3. The predicted octanol–water partition coefficient (Wildman–Crippen LogP) is 3.16. The lowest BCUT2D eigenvalue weighted by Gasteiger charge is -2.20. The van der Waals surface area contributed by atoms with Crippen LogP contribution in [0.2, 0.25) is 5.02 Å². The van der Waals surface area contributed by atoms with E-state index in [1.807, 2.05) is 19.1 Å². The summed E-state index contributed by atoms with van der Waals surface area (Å²) in [4.78, 5) is 12.4. The molecule has 0 radical (unpaired) electrons. The number of hydrogen-bond donors (Lipinski definition) is 1. The molecule has 1 amide bonds. The number of carbonyl (C=O) groups excluding carboxylic acids is 1. The molecule has 0 bridgehead atoms. The molecule has 0 spiro atoms. The highest BCUT2D eigenvalue weighted by molar-refractivity contribution is 7.92. The Bertz CT molecular complexity index is 945. The molecular formula is C19H23ClN2O4S. The molecule has 0 heterocycles. The van der Waals surface area contributed by atoms with E-state index in [9.17, 15) is 13.2 Å². The van der Waals surface area contributed by atoms with Crippen LogP contribution in [0.1, 0.15) is 21.5 Å². The molecule has 0 atom stereocenters. The van der Waals surface area contributed by atoms with Gasteiger partial charge in [-0.25, -0.2) is 8.42 Å². The van der Waals surface area contributed by atoms with Gasteiger partial charge in [-0.3, -0.25) is 9.10 Å². The normalized spacial score (nSPS) is 11.1. The van der Waals surface area contributed by atoms with Crippen LogP contribution in [0.15, 0.2) is 36.4 Å². The number of sulfonamides is 1. The Kier molecular flexibility index (Phi) is 6.73. The number of carbonyl (C=O) groups is 1. The van der Waals surface area contributed by atoms with Crippen LogP contribution in [-0.4, -0.2) is 40.8 Å². The third kappa shape index (κ3) is 5.37. The summed E-state index contributed by atoms with van der Waals surface area (Å²) in [5.41, 5.74) is 2.44. The summed E-state index contributed by atoms with van der Waals surface area (Å²) in [5, 5.41) is 3.40. The van der Waals surface area contributed by atoms with Crippen molar-refractivity contribution in [2.45, 2.75) is 13.8 Å². The average Bonchev–Trinajstić information content (AvgIpc) is 2.60. The van der Waals surface area contributed by atoms with Gasteiger partial charge in [0.05, 0.1) is 18.5 Å². The third-order valence-corrected chi connectivity index (χ3v) is 5.79. The van der Waals surface area contributed by atoms with Gasteiger partial charge in [0.25, 0.3) is 5.91 Å². The Morgan fingerprint density at radius 3 is 2.56 bits per heavy atom. The van der Waals surface area contributed by atoms with Gasteiger partial charge in [0, 0.05) is 17.6 Å². The monoisotopic (exact) mass is 410 g/mol. The van der Waals surface area contributed by atoms with Crippen LogP contribution in [-0.2, 0) is 10.0 Å². The number of benzene rings is 2. The van der Waals surface area contributed by atoms with Crippen LogP contribution in [0.4, 0.5) is 5.69 Å². The summed E-state index contributed by atoms with van der Waals surface area (Å²) in [5.74, 6) is 0.342. The first kappa shape index (κ1) is 21.1. The number of amides is 1. The Labute approximate surface area is 165 Å². The molecule has 0 saturated heterocycles. The quantitative estimate of drug-likeness (QED) is 0.711. The van der Waals surface area contributed by atoms with E-state index < -0.39 is 10.0 Å². The first-order valence-corrected chi connectivity index (χ1v) is 10.5. The fourth-order valence-corrected chi connectivity index (χ4v) is 3.21. The van der Waals surface area contributed by atoms with Crippen molar-refractivity contribution in [2.24, 2.45) is 0 Å². The van der Waals surface area contributed by atoms with Crippen LogP contribution >= 0.6 is 11.6 Å². The van der Waals surface area contributed by atoms with E-state index in [1.165, 1.54) is 7.05 Å². The molecule has 0 aliphatic rings. The molecule has 27 heavy (non-hydrogen) atoms. The highest BCUT2D eigenvalue weighted by atomic mass is 35.5. The van der Waals surface area contributed by atoms with Gasteiger partial charge in [-0.15, -0.1) is 0 Å². The number of rotatable bonds is 7. The van der Waals surface area contributed by atoms with Crippen LogP contribution < -0.4 is 14.4 Å². The van der Waals surface area contributed by atoms with Gasteiger partial charge in [0.15, 0.2) is 0 Å². The minimum absolute atomic E-state index is 0.285. The molecule has 0 fully saturated rings. The van der Waals surface area contributed by atoms with Gasteiger partial charge in [0.2, 0.25) is 10.0 Å². The van der Waals surface area contributed by atoms with Gasteiger partial charge in [-0.1, -0.05) is 23.7 Å². The molecule has 2 rings (SSSR count). The Hall–Kier alpha value is -2.25. The highest BCUT2D eigenvalue weighted by Gasteiger charge is 2.18. The highest BCUT2D eigenvalue weighted by Crippen LogP contribution is 2.24. The summed E-state index contributed by atoms with van der Waals surface area (Å²) in [6.45, 7) is 4.21. The molecule has 2 aromatic carbocycles. The lowest BCUT2D eigenvalue weighted by Crippen LogP contribution is -2.30. The number of nitrogens with one attached hydrogen (secondary N) is 1. The van der Waals surface area contributed by atoms with Gasteiger partial charge in [0.1, 0.15) is 12.4 Å². The van der Waals surface area contributed by atoms with Crippen molar-refractivity contribution in [1.82, 2.24) is 5.32 Å². The van der Waals surface area contributed by atoms with E-state index in [1.54, 1.807) is 31.2 Å². The van der Waals surface area contributed by atoms with E-state index in [0.717, 1.165) is 16.1 Å². The Morgan fingerprint density at radius 1 is 1.22 bits per heavy atom. The molecular weight excluding hydrogens is 388 g/mol. The number of aryl methyl sites for hydroxylation is 1. The average molecular weight is 411 g/mol. The standard InChI is InChI=1S/C19H23ClN2O4S/c1-13-8-9-15(12-17(13)20)26-11-10-21-19(23)16-6-5-7-18(14(16)2)22(3)27(4,24)25/h5-9,12H,10-11H2,1-4H3,(H,21,23). The number of anilines is 1. The predicted molar refractivity (Wildman–Crippen MR) is 108 cm³/mol. The minimum Gasteiger partial charge on any atom is -0.492 e. The van der Waals surface area contributed by atoms with Gasteiger partial charge in [-0.2, -0.15) is 0 Å². The van der Waals surface area contributed by atoms with Gasteiger partial charge < -0.3 is 10.1 Å². The second-order valence-corrected chi connectivity index (χ2v) is 8.62. The van der Waals surface area contributed by atoms with Crippen LogP contribution in [0.25, 0.3) is 0 Å². The summed E-state index contributed by atoms with van der Waals surface area (Å²) in [6, 6.07) is 10.4. The smallest absolute Gasteiger partial charge is 0.251 e. The van der Waals surface area contributed by atoms with Crippen molar-refractivity contribution < 1.29 is 17.9 Å². The largest absolute Gasteiger partial charge is 0.492 e. The Morgan fingerprint density at radius 2 is 1.93 bits per heavy atom. The minimum atomic E-state index is -3.41. The van der Waals surface area contributed by atoms with Gasteiger partial charge >= 0.3 is 0 Å². The zero-order valence-electron chi connectivity index (χ0n) is 15.7. The summed E-state index contributed by atoms with van der Waals surface area (Å²) in [6.07, 6.45) is 1.12. The second-order valence-electron chi connectivity index (χ2n) is 6.20. The molecule has 6 nitrogen and oxygen atoms in total. The molecule has 0 aliphatic carbocycles. The molecule has 1 N–H and O–H groups in total. The first-order valence-electron chi connectivity index (χ1n) is 8.32. The Balaban J connectivity index is 1.99. The topological polar surface area (TPSA) is 75.7 Å². The van der Waals surface area contributed by atoms with E-state index in [4.69, 9.17) is 16.3 Å².